The SMILES string of the molecule is CCN(CC)c1cccc(C(=CC=C(c2ccccc2)c2cccc(N(CC)CC)c2)c2ccccc2)c1. The molecular formula is C36H40N2. The largest absolute Gasteiger partial charge is 0.372 e. The molecule has 4 aromatic rings. The molecule has 2 nitrogen and oxygen atoms in total. The van der Waals surface area contributed by atoms with E-state index in [9.17, 15) is 0 Å². The second-order valence-electron chi connectivity index (χ2n) is 9.34. The summed E-state index contributed by atoms with van der Waals surface area (Å²) in [6, 6.07) is 39.3. The van der Waals surface area contributed by atoms with Crippen molar-refractivity contribution in [1.29, 1.82) is 0 Å². The van der Waals surface area contributed by atoms with Gasteiger partial charge in [0.05, 0.1) is 0 Å². The normalized spacial score (nSPS) is 11.9. The first-order chi connectivity index (χ1) is 18.7. The Morgan fingerprint density at radius 3 is 1.13 bits per heavy atom. The van der Waals surface area contributed by atoms with Crippen LogP contribution in [0.25, 0.3) is 11.1 Å². The Morgan fingerprint density at radius 2 is 0.789 bits per heavy atom. The van der Waals surface area contributed by atoms with Crippen molar-refractivity contribution in [2.45, 2.75) is 27.7 Å². The second-order valence-corrected chi connectivity index (χ2v) is 9.34. The first-order valence-corrected chi connectivity index (χ1v) is 13.9. The molecule has 0 N–H and O–H groups in total. The van der Waals surface area contributed by atoms with Crippen LogP contribution in [0.5, 0.6) is 0 Å². The molecule has 0 saturated carbocycles. The minimum Gasteiger partial charge on any atom is -0.372 e. The molecule has 0 saturated heterocycles. The predicted octanol–water partition coefficient (Wildman–Crippen LogP) is 8.94. The van der Waals surface area contributed by atoms with E-state index in [2.05, 4.69) is 159 Å². The number of hydrogen-bond donors (Lipinski definition) is 0. The Hall–Kier alpha value is -4.04. The van der Waals surface area contributed by atoms with Gasteiger partial charge >= 0.3 is 0 Å². The number of rotatable bonds is 11. The van der Waals surface area contributed by atoms with E-state index < -0.39 is 0 Å². The van der Waals surface area contributed by atoms with Crippen LogP contribution in [0.1, 0.15) is 49.9 Å². The molecule has 0 aromatic heterocycles. The fourth-order valence-corrected chi connectivity index (χ4v) is 5.04. The summed E-state index contributed by atoms with van der Waals surface area (Å²) in [4.78, 5) is 4.80. The highest BCUT2D eigenvalue weighted by Gasteiger charge is 2.11. The van der Waals surface area contributed by atoms with E-state index in [0.29, 0.717) is 0 Å². The molecule has 0 radical (unpaired) electrons. The molecule has 0 fully saturated rings. The van der Waals surface area contributed by atoms with Gasteiger partial charge in [-0.2, -0.15) is 0 Å². The Balaban J connectivity index is 1.88. The Morgan fingerprint density at radius 1 is 0.447 bits per heavy atom. The molecule has 0 aliphatic carbocycles. The third-order valence-electron chi connectivity index (χ3n) is 7.16. The fraction of sp³-hybridized carbons (Fsp3) is 0.222. The average molecular weight is 501 g/mol. The van der Waals surface area contributed by atoms with E-state index in [1.165, 1.54) is 44.8 Å². The molecule has 4 rings (SSSR count). The smallest absolute Gasteiger partial charge is 0.0372 e. The third-order valence-corrected chi connectivity index (χ3v) is 7.16. The zero-order valence-corrected chi connectivity index (χ0v) is 23.3. The standard InChI is InChI=1S/C36H40N2/c1-5-37(6-2)33-23-15-21-31(27-33)35(29-17-11-9-12-18-29)25-26-36(30-19-13-10-14-20-30)32-22-16-24-34(28-32)38(7-3)8-4/h9-28H,5-8H2,1-4H3. The van der Waals surface area contributed by atoms with E-state index >= 15 is 0 Å². The minimum absolute atomic E-state index is 0.991. The molecule has 0 amide bonds. The van der Waals surface area contributed by atoms with Gasteiger partial charge < -0.3 is 9.80 Å². The molecule has 0 bridgehead atoms. The van der Waals surface area contributed by atoms with Crippen LogP contribution in [0.4, 0.5) is 11.4 Å². The van der Waals surface area contributed by atoms with Crippen molar-refractivity contribution in [2.24, 2.45) is 0 Å². The van der Waals surface area contributed by atoms with Gasteiger partial charge in [0.2, 0.25) is 0 Å². The minimum atomic E-state index is 0.991. The second kappa shape index (κ2) is 13.5. The van der Waals surface area contributed by atoms with Crippen molar-refractivity contribution in [3.05, 3.63) is 144 Å². The lowest BCUT2D eigenvalue weighted by Gasteiger charge is -2.22. The molecule has 194 valence electrons. The first-order valence-electron chi connectivity index (χ1n) is 13.9. The van der Waals surface area contributed by atoms with Gasteiger partial charge in [-0.05, 0) is 85.4 Å². The Labute approximate surface area is 229 Å². The summed E-state index contributed by atoms with van der Waals surface area (Å²) in [5.74, 6) is 0. The Kier molecular flexibility index (Phi) is 9.59. The monoisotopic (exact) mass is 500 g/mol. The van der Waals surface area contributed by atoms with Crippen LogP contribution in [-0.2, 0) is 0 Å². The van der Waals surface area contributed by atoms with E-state index in [1.54, 1.807) is 0 Å². The molecule has 4 aromatic carbocycles. The van der Waals surface area contributed by atoms with Crippen LogP contribution in [-0.4, -0.2) is 26.2 Å². The molecule has 0 aliphatic heterocycles. The van der Waals surface area contributed by atoms with Crippen LogP contribution in [0.3, 0.4) is 0 Å². The first kappa shape index (κ1) is 27.0. The third kappa shape index (κ3) is 6.44. The summed E-state index contributed by atoms with van der Waals surface area (Å²) >= 11 is 0. The summed E-state index contributed by atoms with van der Waals surface area (Å²) in [7, 11) is 0. The van der Waals surface area contributed by atoms with E-state index in [-0.39, 0.29) is 0 Å². The van der Waals surface area contributed by atoms with Gasteiger partial charge in [-0.1, -0.05) is 97.1 Å². The van der Waals surface area contributed by atoms with Crippen LogP contribution in [0, 0.1) is 0 Å². The van der Waals surface area contributed by atoms with Crippen molar-refractivity contribution in [3.63, 3.8) is 0 Å². The van der Waals surface area contributed by atoms with Crippen LogP contribution in [0.2, 0.25) is 0 Å². The maximum absolute atomic E-state index is 2.40. The highest BCUT2D eigenvalue weighted by atomic mass is 15.1. The van der Waals surface area contributed by atoms with Crippen molar-refractivity contribution < 1.29 is 0 Å². The fourth-order valence-electron chi connectivity index (χ4n) is 5.04. The van der Waals surface area contributed by atoms with Crippen molar-refractivity contribution >= 4 is 22.5 Å². The zero-order valence-electron chi connectivity index (χ0n) is 23.3. The van der Waals surface area contributed by atoms with Gasteiger partial charge in [-0.25, -0.2) is 0 Å². The number of anilines is 2. The van der Waals surface area contributed by atoms with Gasteiger partial charge in [0, 0.05) is 37.6 Å². The highest BCUT2D eigenvalue weighted by molar-refractivity contribution is 5.87. The number of allylic oxidation sites excluding steroid dienone is 2. The molecule has 0 spiro atoms. The topological polar surface area (TPSA) is 6.48 Å². The molecule has 2 heteroatoms. The quantitative estimate of drug-likeness (QED) is 0.190. The van der Waals surface area contributed by atoms with Gasteiger partial charge in [-0.15, -0.1) is 0 Å². The molecule has 38 heavy (non-hydrogen) atoms. The molecular weight excluding hydrogens is 460 g/mol. The predicted molar refractivity (Wildman–Crippen MR) is 167 cm³/mol. The summed E-state index contributed by atoms with van der Waals surface area (Å²) < 4.78 is 0. The summed E-state index contributed by atoms with van der Waals surface area (Å²) in [5.41, 5.74) is 9.82. The highest BCUT2D eigenvalue weighted by Crippen LogP contribution is 2.31. The summed E-state index contributed by atoms with van der Waals surface area (Å²) in [5, 5.41) is 0. The summed E-state index contributed by atoms with van der Waals surface area (Å²) in [6.07, 6.45) is 4.59. The van der Waals surface area contributed by atoms with E-state index in [0.717, 1.165) is 26.2 Å². The lowest BCUT2D eigenvalue weighted by atomic mass is 9.93. The molecule has 0 atom stereocenters. The number of hydrogen-bond acceptors (Lipinski definition) is 2. The molecule has 0 aliphatic rings. The van der Waals surface area contributed by atoms with E-state index in [4.69, 9.17) is 0 Å². The van der Waals surface area contributed by atoms with Crippen LogP contribution < -0.4 is 9.80 Å². The molecule has 0 unspecified atom stereocenters. The van der Waals surface area contributed by atoms with E-state index in [1.807, 2.05) is 0 Å². The maximum atomic E-state index is 2.40. The maximum Gasteiger partial charge on any atom is 0.0372 e. The van der Waals surface area contributed by atoms with Crippen molar-refractivity contribution in [1.82, 2.24) is 0 Å². The zero-order chi connectivity index (χ0) is 26.7. The van der Waals surface area contributed by atoms with Crippen molar-refractivity contribution in [3.8, 4) is 0 Å². The average Bonchev–Trinajstić information content (AvgIpc) is 2.98. The van der Waals surface area contributed by atoms with Crippen LogP contribution >= 0.6 is 0 Å². The van der Waals surface area contributed by atoms with Gasteiger partial charge in [0.15, 0.2) is 0 Å². The number of benzene rings is 4. The van der Waals surface area contributed by atoms with Crippen LogP contribution in [0.15, 0.2) is 121 Å². The van der Waals surface area contributed by atoms with Crippen molar-refractivity contribution in [2.75, 3.05) is 36.0 Å². The Bertz CT molecular complexity index is 1240. The lowest BCUT2D eigenvalue weighted by Crippen LogP contribution is -2.21. The van der Waals surface area contributed by atoms with Gasteiger partial charge in [0.1, 0.15) is 0 Å². The molecule has 0 heterocycles. The number of nitrogens with zero attached hydrogens (tertiary/aromatic N) is 2. The lowest BCUT2D eigenvalue weighted by molar-refractivity contribution is 0.866. The van der Waals surface area contributed by atoms with Gasteiger partial charge in [0.25, 0.3) is 0 Å². The van der Waals surface area contributed by atoms with Gasteiger partial charge in [-0.3, -0.25) is 0 Å². The summed E-state index contributed by atoms with van der Waals surface area (Å²) in [6.45, 7) is 12.8.